The zero-order valence-electron chi connectivity index (χ0n) is 13.1. The average Bonchev–Trinajstić information content (AvgIpc) is 2.59. The van der Waals surface area contributed by atoms with Crippen LogP contribution in [0.3, 0.4) is 0 Å². The molecule has 2 N–H and O–H groups in total. The number of hydrogen-bond acceptors (Lipinski definition) is 3. The van der Waals surface area contributed by atoms with E-state index >= 15 is 0 Å². The fourth-order valence-electron chi connectivity index (χ4n) is 2.83. The predicted octanol–water partition coefficient (Wildman–Crippen LogP) is 2.76. The lowest BCUT2D eigenvalue weighted by Gasteiger charge is -2.21. The Balaban J connectivity index is 0.00000192. The number of ether oxygens (including phenoxy) is 1. The summed E-state index contributed by atoms with van der Waals surface area (Å²) in [4.78, 5) is 12.0. The van der Waals surface area contributed by atoms with E-state index in [1.54, 1.807) is 0 Å². The van der Waals surface area contributed by atoms with Crippen LogP contribution in [0.1, 0.15) is 12.8 Å². The molecule has 0 radical (unpaired) electrons. The van der Waals surface area contributed by atoms with Crippen molar-refractivity contribution in [3.05, 3.63) is 42.5 Å². The molecule has 0 atom stereocenters. The molecule has 3 rings (SSSR count). The first-order chi connectivity index (χ1) is 10.8. The van der Waals surface area contributed by atoms with Crippen LogP contribution in [0.4, 0.5) is 0 Å². The van der Waals surface area contributed by atoms with Gasteiger partial charge in [-0.05, 0) is 48.8 Å². The Morgan fingerprint density at radius 1 is 1.13 bits per heavy atom. The summed E-state index contributed by atoms with van der Waals surface area (Å²) in [5.74, 6) is 1.15. The molecule has 0 bridgehead atoms. The van der Waals surface area contributed by atoms with Crippen molar-refractivity contribution in [3.8, 4) is 5.75 Å². The van der Waals surface area contributed by atoms with Gasteiger partial charge in [-0.1, -0.05) is 30.3 Å². The van der Waals surface area contributed by atoms with E-state index in [0.29, 0.717) is 13.2 Å². The monoisotopic (exact) mass is 334 g/mol. The van der Waals surface area contributed by atoms with Gasteiger partial charge in [-0.3, -0.25) is 4.79 Å². The van der Waals surface area contributed by atoms with Crippen LogP contribution >= 0.6 is 12.4 Å². The molecular weight excluding hydrogens is 312 g/mol. The van der Waals surface area contributed by atoms with Crippen molar-refractivity contribution in [2.24, 2.45) is 5.92 Å². The SMILES string of the molecule is Cl.O=C(NCCOc1ccc2ccccc2c1)C1CCNCC1. The standard InChI is InChI=1S/C18H22N2O2.ClH/c21-18(15-7-9-19-10-8-15)20-11-12-22-17-6-5-14-3-1-2-4-16(14)13-17;/h1-6,13,15,19H,7-12H2,(H,20,21);1H. The Bertz CT molecular complexity index is 642. The van der Waals surface area contributed by atoms with Crippen molar-refractivity contribution >= 4 is 29.1 Å². The van der Waals surface area contributed by atoms with E-state index in [9.17, 15) is 4.79 Å². The smallest absolute Gasteiger partial charge is 0.223 e. The molecule has 1 heterocycles. The van der Waals surface area contributed by atoms with Gasteiger partial charge in [0.2, 0.25) is 5.91 Å². The van der Waals surface area contributed by atoms with E-state index in [1.165, 1.54) is 10.8 Å². The minimum absolute atomic E-state index is 0. The lowest BCUT2D eigenvalue weighted by molar-refractivity contribution is -0.125. The Hall–Kier alpha value is -1.78. The molecule has 23 heavy (non-hydrogen) atoms. The number of nitrogens with one attached hydrogen (secondary N) is 2. The first-order valence-corrected chi connectivity index (χ1v) is 7.93. The fraction of sp³-hybridized carbons (Fsp3) is 0.389. The predicted molar refractivity (Wildman–Crippen MR) is 95.3 cm³/mol. The van der Waals surface area contributed by atoms with E-state index in [1.807, 2.05) is 24.3 Å². The van der Waals surface area contributed by atoms with E-state index < -0.39 is 0 Å². The van der Waals surface area contributed by atoms with E-state index in [2.05, 4.69) is 28.8 Å². The number of halogens is 1. The molecule has 2 aromatic rings. The Kier molecular flexibility index (Phi) is 6.68. The van der Waals surface area contributed by atoms with Gasteiger partial charge < -0.3 is 15.4 Å². The van der Waals surface area contributed by atoms with Gasteiger partial charge in [-0.15, -0.1) is 12.4 Å². The third kappa shape index (κ3) is 4.85. The van der Waals surface area contributed by atoms with Gasteiger partial charge in [0.05, 0.1) is 6.54 Å². The zero-order valence-corrected chi connectivity index (χ0v) is 13.9. The van der Waals surface area contributed by atoms with Crippen molar-refractivity contribution in [1.29, 1.82) is 0 Å². The maximum absolute atomic E-state index is 12.0. The van der Waals surface area contributed by atoms with Gasteiger partial charge in [-0.2, -0.15) is 0 Å². The summed E-state index contributed by atoms with van der Waals surface area (Å²) in [7, 11) is 0. The first kappa shape index (κ1) is 17.6. The maximum Gasteiger partial charge on any atom is 0.223 e. The lowest BCUT2D eigenvalue weighted by atomic mass is 9.97. The molecular formula is C18H23ClN2O2. The number of rotatable bonds is 5. The van der Waals surface area contributed by atoms with Crippen molar-refractivity contribution in [2.75, 3.05) is 26.2 Å². The summed E-state index contributed by atoms with van der Waals surface area (Å²) in [6.45, 7) is 2.92. The minimum Gasteiger partial charge on any atom is -0.492 e. The van der Waals surface area contributed by atoms with Crippen LogP contribution in [0.5, 0.6) is 5.75 Å². The zero-order chi connectivity index (χ0) is 15.2. The number of benzene rings is 2. The molecule has 0 unspecified atom stereocenters. The summed E-state index contributed by atoms with van der Waals surface area (Å²) in [6.07, 6.45) is 1.86. The number of fused-ring (bicyclic) bond motifs is 1. The van der Waals surface area contributed by atoms with E-state index in [4.69, 9.17) is 4.74 Å². The van der Waals surface area contributed by atoms with Crippen LogP contribution in [0.15, 0.2) is 42.5 Å². The van der Waals surface area contributed by atoms with Gasteiger partial charge in [0.1, 0.15) is 12.4 Å². The molecule has 1 amide bonds. The van der Waals surface area contributed by atoms with Gasteiger partial charge >= 0.3 is 0 Å². The van der Waals surface area contributed by atoms with Crippen LogP contribution in [-0.4, -0.2) is 32.1 Å². The summed E-state index contributed by atoms with van der Waals surface area (Å²) in [5, 5.41) is 8.60. The molecule has 2 aromatic carbocycles. The highest BCUT2D eigenvalue weighted by molar-refractivity contribution is 5.85. The fourth-order valence-corrected chi connectivity index (χ4v) is 2.83. The number of amides is 1. The minimum atomic E-state index is 0. The summed E-state index contributed by atoms with van der Waals surface area (Å²) < 4.78 is 5.72. The highest BCUT2D eigenvalue weighted by Crippen LogP contribution is 2.20. The molecule has 0 spiro atoms. The van der Waals surface area contributed by atoms with Crippen molar-refractivity contribution in [1.82, 2.24) is 10.6 Å². The van der Waals surface area contributed by atoms with Gasteiger partial charge in [0, 0.05) is 5.92 Å². The largest absolute Gasteiger partial charge is 0.492 e. The quantitative estimate of drug-likeness (QED) is 0.827. The molecule has 0 aliphatic carbocycles. The highest BCUT2D eigenvalue weighted by Gasteiger charge is 2.20. The topological polar surface area (TPSA) is 50.4 Å². The van der Waals surface area contributed by atoms with Crippen LogP contribution < -0.4 is 15.4 Å². The Morgan fingerprint density at radius 2 is 1.87 bits per heavy atom. The second-order valence-corrected chi connectivity index (χ2v) is 5.67. The number of piperidine rings is 1. The maximum atomic E-state index is 12.0. The van der Waals surface area contributed by atoms with Crippen molar-refractivity contribution in [3.63, 3.8) is 0 Å². The molecule has 124 valence electrons. The van der Waals surface area contributed by atoms with Crippen LogP contribution in [-0.2, 0) is 4.79 Å². The molecule has 5 heteroatoms. The molecule has 0 saturated carbocycles. The summed E-state index contributed by atoms with van der Waals surface area (Å²) in [6, 6.07) is 14.3. The molecule has 0 aromatic heterocycles. The molecule has 1 fully saturated rings. The van der Waals surface area contributed by atoms with Crippen LogP contribution in [0, 0.1) is 5.92 Å². The Morgan fingerprint density at radius 3 is 2.65 bits per heavy atom. The van der Waals surface area contributed by atoms with Crippen LogP contribution in [0.25, 0.3) is 10.8 Å². The normalized spacial score (nSPS) is 15.0. The molecule has 4 nitrogen and oxygen atoms in total. The van der Waals surface area contributed by atoms with Gasteiger partial charge in [0.25, 0.3) is 0 Å². The molecule has 1 aliphatic rings. The molecule has 1 saturated heterocycles. The number of carbonyl (C=O) groups excluding carboxylic acids is 1. The number of hydrogen-bond donors (Lipinski definition) is 2. The first-order valence-electron chi connectivity index (χ1n) is 7.93. The summed E-state index contributed by atoms with van der Waals surface area (Å²) >= 11 is 0. The lowest BCUT2D eigenvalue weighted by Crippen LogP contribution is -2.39. The van der Waals surface area contributed by atoms with Crippen molar-refractivity contribution < 1.29 is 9.53 Å². The van der Waals surface area contributed by atoms with Gasteiger partial charge in [0.15, 0.2) is 0 Å². The van der Waals surface area contributed by atoms with E-state index in [-0.39, 0.29) is 24.2 Å². The van der Waals surface area contributed by atoms with Gasteiger partial charge in [-0.25, -0.2) is 0 Å². The van der Waals surface area contributed by atoms with E-state index in [0.717, 1.165) is 31.7 Å². The third-order valence-electron chi connectivity index (χ3n) is 4.10. The average molecular weight is 335 g/mol. The highest BCUT2D eigenvalue weighted by atomic mass is 35.5. The Labute approximate surface area is 143 Å². The summed E-state index contributed by atoms with van der Waals surface area (Å²) in [5.41, 5.74) is 0. The third-order valence-corrected chi connectivity index (χ3v) is 4.10. The van der Waals surface area contributed by atoms with Crippen molar-refractivity contribution in [2.45, 2.75) is 12.8 Å². The second kappa shape index (κ2) is 8.75. The van der Waals surface area contributed by atoms with Crippen LogP contribution in [0.2, 0.25) is 0 Å². The molecule has 1 aliphatic heterocycles. The second-order valence-electron chi connectivity index (χ2n) is 5.67. The number of carbonyl (C=O) groups is 1.